The van der Waals surface area contributed by atoms with E-state index in [0.29, 0.717) is 12.5 Å². The number of rotatable bonds is 3. The number of aromatic hydroxyl groups is 1. The third-order valence-electron chi connectivity index (χ3n) is 3.57. The molecule has 0 aromatic carbocycles. The van der Waals surface area contributed by atoms with Gasteiger partial charge in [-0.25, -0.2) is 9.97 Å². The van der Waals surface area contributed by atoms with Crippen LogP contribution in [0.2, 0.25) is 0 Å². The normalized spacial score (nSPS) is 19.3. The van der Waals surface area contributed by atoms with Gasteiger partial charge in [-0.3, -0.25) is 9.69 Å². The van der Waals surface area contributed by atoms with Crippen molar-refractivity contribution >= 4 is 0 Å². The van der Waals surface area contributed by atoms with Gasteiger partial charge in [0.25, 0.3) is 0 Å². The number of aromatic amines is 1. The maximum absolute atomic E-state index is 11.4. The van der Waals surface area contributed by atoms with Crippen molar-refractivity contribution < 1.29 is 5.11 Å². The lowest BCUT2D eigenvalue weighted by atomic mass is 10.1. The number of aromatic nitrogens is 3. The predicted molar refractivity (Wildman–Crippen MR) is 73.4 cm³/mol. The van der Waals surface area contributed by atoms with Crippen LogP contribution in [0, 0.1) is 0 Å². The van der Waals surface area contributed by atoms with Crippen molar-refractivity contribution in [3.63, 3.8) is 0 Å². The van der Waals surface area contributed by atoms with E-state index in [1.165, 1.54) is 12.3 Å². The predicted octanol–water partition coefficient (Wildman–Crippen LogP) is 0.860. The minimum atomic E-state index is -0.346. The highest BCUT2D eigenvalue weighted by atomic mass is 16.3. The first-order valence-corrected chi connectivity index (χ1v) is 6.62. The summed E-state index contributed by atoms with van der Waals surface area (Å²) in [4.78, 5) is 25.2. The minimum absolute atomic E-state index is 0.245. The third kappa shape index (κ3) is 2.70. The molecule has 2 N–H and O–H groups in total. The lowest BCUT2D eigenvalue weighted by Crippen LogP contribution is -2.21. The van der Waals surface area contributed by atoms with Crippen molar-refractivity contribution in [2.75, 3.05) is 13.1 Å². The van der Waals surface area contributed by atoms with Crippen molar-refractivity contribution in [3.05, 3.63) is 52.5 Å². The Morgan fingerprint density at radius 2 is 2.20 bits per heavy atom. The highest BCUT2D eigenvalue weighted by Crippen LogP contribution is 2.24. The van der Waals surface area contributed by atoms with E-state index >= 15 is 0 Å². The number of likely N-dealkylation sites (tertiary alicyclic amines) is 1. The topological polar surface area (TPSA) is 82.1 Å². The molecule has 3 rings (SSSR count). The Labute approximate surface area is 116 Å². The Morgan fingerprint density at radius 1 is 1.40 bits per heavy atom. The Hall–Kier alpha value is -2.21. The second-order valence-corrected chi connectivity index (χ2v) is 5.04. The van der Waals surface area contributed by atoms with Gasteiger partial charge in [-0.1, -0.05) is 0 Å². The molecule has 0 radical (unpaired) electrons. The second-order valence-electron chi connectivity index (χ2n) is 5.04. The number of hydrogen-bond donors (Lipinski definition) is 2. The molecule has 1 aliphatic rings. The number of nitrogens with zero attached hydrogens (tertiary/aromatic N) is 3. The zero-order valence-corrected chi connectivity index (χ0v) is 11.0. The van der Waals surface area contributed by atoms with Gasteiger partial charge in [0.15, 0.2) is 5.75 Å². The summed E-state index contributed by atoms with van der Waals surface area (Å²) in [6.45, 7) is 2.50. The van der Waals surface area contributed by atoms with Crippen molar-refractivity contribution in [1.29, 1.82) is 0 Å². The van der Waals surface area contributed by atoms with E-state index in [0.717, 1.165) is 31.0 Å². The van der Waals surface area contributed by atoms with Gasteiger partial charge in [0, 0.05) is 49.4 Å². The number of pyridine rings is 1. The van der Waals surface area contributed by atoms with Gasteiger partial charge in [0.2, 0.25) is 5.43 Å². The Morgan fingerprint density at radius 3 is 2.95 bits per heavy atom. The van der Waals surface area contributed by atoms with Crippen LogP contribution in [0.15, 0.2) is 35.5 Å². The average Bonchev–Trinajstić information content (AvgIpc) is 2.92. The SMILES string of the molecule is O=c1cc(CN2CCC(c3ncccn3)C2)[nH]cc1O. The van der Waals surface area contributed by atoms with Crippen LogP contribution < -0.4 is 5.43 Å². The van der Waals surface area contributed by atoms with Crippen LogP contribution in [0.25, 0.3) is 0 Å². The summed E-state index contributed by atoms with van der Waals surface area (Å²) in [5.41, 5.74) is 0.461. The van der Waals surface area contributed by atoms with Crippen LogP contribution in [0.5, 0.6) is 5.75 Å². The van der Waals surface area contributed by atoms with Crippen molar-refractivity contribution in [2.45, 2.75) is 18.9 Å². The molecule has 6 nitrogen and oxygen atoms in total. The number of nitrogens with one attached hydrogen (secondary N) is 1. The molecule has 0 saturated carbocycles. The fraction of sp³-hybridized carbons (Fsp3) is 0.357. The zero-order chi connectivity index (χ0) is 13.9. The van der Waals surface area contributed by atoms with E-state index in [-0.39, 0.29) is 11.2 Å². The molecule has 1 saturated heterocycles. The lowest BCUT2D eigenvalue weighted by molar-refractivity contribution is 0.321. The number of H-pyrrole nitrogens is 1. The summed E-state index contributed by atoms with van der Waals surface area (Å²) >= 11 is 0. The van der Waals surface area contributed by atoms with Crippen molar-refractivity contribution in [2.24, 2.45) is 0 Å². The monoisotopic (exact) mass is 272 g/mol. The van der Waals surface area contributed by atoms with Gasteiger partial charge < -0.3 is 10.1 Å². The molecule has 0 aliphatic carbocycles. The maximum atomic E-state index is 11.4. The Bertz CT molecular complexity index is 641. The first-order valence-electron chi connectivity index (χ1n) is 6.62. The molecule has 1 atom stereocenters. The Balaban J connectivity index is 1.66. The molecule has 1 fully saturated rings. The molecular weight excluding hydrogens is 256 g/mol. The van der Waals surface area contributed by atoms with E-state index in [1.807, 2.05) is 6.07 Å². The van der Waals surface area contributed by atoms with Gasteiger partial charge >= 0.3 is 0 Å². The van der Waals surface area contributed by atoms with Crippen LogP contribution in [0.4, 0.5) is 0 Å². The van der Waals surface area contributed by atoms with Gasteiger partial charge in [0.05, 0.1) is 0 Å². The van der Waals surface area contributed by atoms with Gasteiger partial charge in [0.1, 0.15) is 5.82 Å². The van der Waals surface area contributed by atoms with Crippen LogP contribution in [0.1, 0.15) is 23.9 Å². The fourth-order valence-electron chi connectivity index (χ4n) is 2.55. The number of hydrogen-bond acceptors (Lipinski definition) is 5. The molecule has 6 heteroatoms. The molecule has 0 spiro atoms. The molecule has 2 aromatic rings. The summed E-state index contributed by atoms with van der Waals surface area (Å²) in [6.07, 6.45) is 5.89. The van der Waals surface area contributed by atoms with E-state index < -0.39 is 0 Å². The van der Waals surface area contributed by atoms with E-state index in [4.69, 9.17) is 0 Å². The summed E-state index contributed by atoms with van der Waals surface area (Å²) in [6, 6.07) is 3.26. The largest absolute Gasteiger partial charge is 0.503 e. The summed E-state index contributed by atoms with van der Waals surface area (Å²) in [5, 5.41) is 9.22. The van der Waals surface area contributed by atoms with Gasteiger partial charge in [-0.2, -0.15) is 0 Å². The molecule has 2 aromatic heterocycles. The molecule has 0 amide bonds. The quantitative estimate of drug-likeness (QED) is 0.866. The summed E-state index contributed by atoms with van der Waals surface area (Å²) in [7, 11) is 0. The van der Waals surface area contributed by atoms with Gasteiger partial charge in [-0.05, 0) is 19.0 Å². The minimum Gasteiger partial charge on any atom is -0.503 e. The van der Waals surface area contributed by atoms with Gasteiger partial charge in [-0.15, -0.1) is 0 Å². The maximum Gasteiger partial charge on any atom is 0.223 e. The lowest BCUT2D eigenvalue weighted by Gasteiger charge is -2.15. The van der Waals surface area contributed by atoms with Crippen LogP contribution in [-0.2, 0) is 6.54 Å². The highest BCUT2D eigenvalue weighted by molar-refractivity contribution is 5.18. The highest BCUT2D eigenvalue weighted by Gasteiger charge is 2.25. The van der Waals surface area contributed by atoms with E-state index in [1.54, 1.807) is 12.4 Å². The smallest absolute Gasteiger partial charge is 0.223 e. The second kappa shape index (κ2) is 5.42. The zero-order valence-electron chi connectivity index (χ0n) is 11.0. The molecule has 1 unspecified atom stereocenters. The summed E-state index contributed by atoms with van der Waals surface area (Å²) < 4.78 is 0. The van der Waals surface area contributed by atoms with Crippen LogP contribution in [0.3, 0.4) is 0 Å². The van der Waals surface area contributed by atoms with E-state index in [2.05, 4.69) is 19.9 Å². The van der Waals surface area contributed by atoms with Crippen molar-refractivity contribution in [3.8, 4) is 5.75 Å². The summed E-state index contributed by atoms with van der Waals surface area (Å²) in [5.74, 6) is 0.986. The Kier molecular flexibility index (Phi) is 3.47. The molecule has 0 bridgehead atoms. The molecular formula is C14H16N4O2. The van der Waals surface area contributed by atoms with Crippen molar-refractivity contribution in [1.82, 2.24) is 19.9 Å². The fourth-order valence-corrected chi connectivity index (χ4v) is 2.55. The first-order chi connectivity index (χ1) is 9.72. The molecule has 3 heterocycles. The molecule has 1 aliphatic heterocycles. The standard InChI is InChI=1S/C14H16N4O2/c19-12-6-11(17-7-13(12)20)9-18-5-2-10(8-18)14-15-3-1-4-16-14/h1,3-4,6-7,10,20H,2,5,8-9H2,(H,17,19). The third-order valence-corrected chi connectivity index (χ3v) is 3.57. The van der Waals surface area contributed by atoms with Crippen LogP contribution >= 0.6 is 0 Å². The molecule has 20 heavy (non-hydrogen) atoms. The van der Waals surface area contributed by atoms with E-state index in [9.17, 15) is 9.90 Å². The average molecular weight is 272 g/mol. The van der Waals surface area contributed by atoms with Crippen LogP contribution in [-0.4, -0.2) is 38.0 Å². The molecule has 104 valence electrons. The first kappa shape index (κ1) is 12.8.